The molecule has 1 fully saturated rings. The normalized spacial score (nSPS) is 15.8. The van der Waals surface area contributed by atoms with Crippen LogP contribution >= 0.6 is 22.7 Å². The molecule has 1 aliphatic heterocycles. The number of hydrogen-bond acceptors (Lipinski definition) is 12. The Hall–Kier alpha value is -6.13. The van der Waals surface area contributed by atoms with Crippen molar-refractivity contribution in [3.05, 3.63) is 119 Å². The van der Waals surface area contributed by atoms with Gasteiger partial charge in [-0.2, -0.15) is 0 Å². The number of nitrogens with zero attached hydrogens (tertiary/aromatic N) is 3. The van der Waals surface area contributed by atoms with Gasteiger partial charge in [-0.1, -0.05) is 64.8 Å². The molecule has 0 radical (unpaired) electrons. The van der Waals surface area contributed by atoms with Crippen LogP contribution in [0.25, 0.3) is 31.0 Å². The molecule has 0 bridgehead atoms. The van der Waals surface area contributed by atoms with Crippen LogP contribution in [0, 0.1) is 12.3 Å². The summed E-state index contributed by atoms with van der Waals surface area (Å²) in [6, 6.07) is 24.8. The molecule has 4 atom stereocenters. The maximum absolute atomic E-state index is 14.1. The number of carbonyl (C=O) groups is 4. The van der Waals surface area contributed by atoms with Crippen molar-refractivity contribution in [1.29, 1.82) is 0 Å². The summed E-state index contributed by atoms with van der Waals surface area (Å²) in [5.74, 6) is -0.157. The quantitative estimate of drug-likeness (QED) is 0.0344. The number of likely N-dealkylation sites (N-methyl/N-ethyl adjacent to an activating group) is 1. The number of rotatable bonds is 21. The third-order valence-electron chi connectivity index (χ3n) is 13.0. The molecule has 5 N–H and O–H groups in total. The van der Waals surface area contributed by atoms with Crippen LogP contribution in [0.3, 0.4) is 0 Å². The van der Waals surface area contributed by atoms with Gasteiger partial charge in [0.05, 0.1) is 28.2 Å². The van der Waals surface area contributed by atoms with Gasteiger partial charge in [0.2, 0.25) is 17.7 Å². The summed E-state index contributed by atoms with van der Waals surface area (Å²) in [7, 11) is 0. The number of aryl methyl sites for hydroxylation is 1. The van der Waals surface area contributed by atoms with Gasteiger partial charge in [-0.05, 0) is 129 Å². The lowest BCUT2D eigenvalue weighted by Gasteiger charge is -2.35. The zero-order valence-corrected chi connectivity index (χ0v) is 42.5. The summed E-state index contributed by atoms with van der Waals surface area (Å²) >= 11 is 3.00. The molecule has 7 rings (SSSR count). The van der Waals surface area contributed by atoms with Crippen molar-refractivity contribution in [3.8, 4) is 38.1 Å². The first-order valence-corrected chi connectivity index (χ1v) is 25.8. The van der Waals surface area contributed by atoms with Crippen LogP contribution in [0.2, 0.25) is 0 Å². The zero-order chi connectivity index (χ0) is 50.1. The highest BCUT2D eigenvalue weighted by Gasteiger charge is 2.44. The predicted molar refractivity (Wildman–Crippen MR) is 278 cm³/mol. The lowest BCUT2D eigenvalue weighted by atomic mass is 9.85. The number of unbranched alkanes of at least 4 members (excludes halogenated alkanes) is 3. The fraction of sp³-hybridized carbons (Fsp3) is 0.400. The second-order valence-electron chi connectivity index (χ2n) is 19.2. The number of benzene rings is 4. The second-order valence-corrected chi connectivity index (χ2v) is 21.1. The number of phenolic OH excluding ortho intramolecular Hbond substituents is 2. The number of hydrogen-bond donors (Lipinski definition) is 5. The van der Waals surface area contributed by atoms with E-state index in [9.17, 15) is 34.5 Å². The Labute approximate surface area is 418 Å². The number of carbonyl (C=O) groups excluding carboxylic acids is 4. The molecule has 6 aromatic rings. The van der Waals surface area contributed by atoms with Crippen molar-refractivity contribution in [3.63, 3.8) is 0 Å². The average molecular weight is 988 g/mol. The average Bonchev–Trinajstić information content (AvgIpc) is 4.07. The molecule has 3 heterocycles. The summed E-state index contributed by atoms with van der Waals surface area (Å²) in [6.45, 7) is 14.6. The van der Waals surface area contributed by atoms with Crippen LogP contribution in [0.15, 0.2) is 96.5 Å². The molecule has 70 heavy (non-hydrogen) atoms. The highest BCUT2D eigenvalue weighted by molar-refractivity contribution is 7.22. The Morgan fingerprint density at radius 2 is 1.53 bits per heavy atom. The number of β-amino-alcohol motifs (C(OH)–C–C–N with tert-alkyl or cyclic N) is 1. The number of likely N-dealkylation sites (tertiary alicyclic amines) is 1. The fourth-order valence-corrected chi connectivity index (χ4v) is 11.0. The first kappa shape index (κ1) is 51.7. The molecular weight excluding hydrogens is 923 g/mol. The SMILES string of the molecule is CCN(CCCCCCC(=O)NC(C(=O)N1C[C@H](O)C[C@H]1C(=O)N[C@@H](C)c1ccc(-c2scnc2C)cc1)C(C)(C)C)CCOc1ccc(C(=O)c2c(-c3ccc(O)cc3)sc3cc(O)ccc23)cc1. The molecule has 15 heteroatoms. The summed E-state index contributed by atoms with van der Waals surface area (Å²) in [5.41, 5.74) is 5.98. The monoisotopic (exact) mass is 987 g/mol. The highest BCUT2D eigenvalue weighted by Crippen LogP contribution is 2.42. The van der Waals surface area contributed by atoms with Crippen LogP contribution in [0.4, 0.5) is 0 Å². The Kier molecular flexibility index (Phi) is 17.1. The topological polar surface area (TPSA) is 182 Å². The number of fused-ring (bicyclic) bond motifs is 1. The van der Waals surface area contributed by atoms with E-state index >= 15 is 0 Å². The molecule has 1 aliphatic rings. The van der Waals surface area contributed by atoms with Crippen LogP contribution in [-0.4, -0.2) is 105 Å². The van der Waals surface area contributed by atoms with Crippen LogP contribution in [-0.2, 0) is 14.4 Å². The predicted octanol–water partition coefficient (Wildman–Crippen LogP) is 9.66. The fourth-order valence-electron chi connectivity index (χ4n) is 8.92. The first-order valence-electron chi connectivity index (χ1n) is 24.1. The maximum atomic E-state index is 14.1. The number of aromatic nitrogens is 1. The van der Waals surface area contributed by atoms with Crippen molar-refractivity contribution < 1.29 is 39.2 Å². The molecule has 0 aliphatic carbocycles. The number of thiophene rings is 1. The van der Waals surface area contributed by atoms with Gasteiger partial charge in [0.15, 0.2) is 5.78 Å². The molecule has 0 spiro atoms. The largest absolute Gasteiger partial charge is 0.508 e. The Morgan fingerprint density at radius 3 is 2.20 bits per heavy atom. The number of amides is 3. The van der Waals surface area contributed by atoms with Crippen molar-refractivity contribution in [2.24, 2.45) is 5.41 Å². The number of ether oxygens (including phenoxy) is 1. The number of phenols is 2. The molecule has 0 saturated carbocycles. The van der Waals surface area contributed by atoms with E-state index in [4.69, 9.17) is 4.74 Å². The van der Waals surface area contributed by atoms with E-state index in [-0.39, 0.29) is 60.4 Å². The zero-order valence-electron chi connectivity index (χ0n) is 40.9. The van der Waals surface area contributed by atoms with E-state index in [0.29, 0.717) is 29.9 Å². The van der Waals surface area contributed by atoms with Crippen molar-refractivity contribution in [1.82, 2.24) is 25.4 Å². The minimum Gasteiger partial charge on any atom is -0.508 e. The van der Waals surface area contributed by atoms with E-state index in [1.165, 1.54) is 16.2 Å². The lowest BCUT2D eigenvalue weighted by molar-refractivity contribution is -0.144. The number of nitrogens with one attached hydrogen (secondary N) is 2. The first-order chi connectivity index (χ1) is 33.5. The van der Waals surface area contributed by atoms with Crippen LogP contribution < -0.4 is 15.4 Å². The minimum absolute atomic E-state index is 0.0145. The van der Waals surface area contributed by atoms with Gasteiger partial charge in [0, 0.05) is 52.0 Å². The van der Waals surface area contributed by atoms with Gasteiger partial charge in [0.1, 0.15) is 35.9 Å². The summed E-state index contributed by atoms with van der Waals surface area (Å²) in [5, 5.41) is 37.4. The minimum atomic E-state index is -0.879. The molecule has 370 valence electrons. The smallest absolute Gasteiger partial charge is 0.246 e. The number of aliphatic hydroxyl groups is 1. The van der Waals surface area contributed by atoms with Gasteiger partial charge in [-0.25, -0.2) is 4.98 Å². The van der Waals surface area contributed by atoms with Crippen LogP contribution in [0.1, 0.15) is 106 Å². The van der Waals surface area contributed by atoms with Gasteiger partial charge < -0.3 is 40.5 Å². The number of aromatic hydroxyl groups is 2. The van der Waals surface area contributed by atoms with Crippen molar-refractivity contribution >= 4 is 56.3 Å². The molecular formula is C55H65N5O8S2. The van der Waals surface area contributed by atoms with Gasteiger partial charge in [0.25, 0.3) is 0 Å². The second kappa shape index (κ2) is 23.2. The van der Waals surface area contributed by atoms with E-state index in [1.807, 2.05) is 64.4 Å². The van der Waals surface area contributed by atoms with Crippen LogP contribution in [0.5, 0.6) is 17.2 Å². The molecule has 1 saturated heterocycles. The number of aliphatic hydroxyl groups excluding tert-OH is 1. The third kappa shape index (κ3) is 12.8. The van der Waals surface area contributed by atoms with E-state index < -0.39 is 23.6 Å². The third-order valence-corrected chi connectivity index (χ3v) is 15.1. The highest BCUT2D eigenvalue weighted by atomic mass is 32.1. The van der Waals surface area contributed by atoms with Gasteiger partial charge in [-0.3, -0.25) is 19.2 Å². The molecule has 3 amide bonds. The standard InChI is InChI=1S/C55H65N5O8S2/c1-7-59(28-29-68-43-24-19-37(20-25-43)49(65)48-44-26-23-41(62)31-46(44)70-51(48)39-17-21-40(61)22-18-39)27-11-9-8-10-12-47(64)58-52(55(4,5)6)54(67)60-32-42(63)30-45(60)53(66)57-34(2)36-13-15-38(16-14-36)50-35(3)56-33-69-50/h13-26,31,33-34,42,45,52,61-63H,7-12,27-30,32H2,1-6H3,(H,57,66)(H,58,64)/t34-,42+,45-,52?/m0/s1. The van der Waals surface area contributed by atoms with Crippen molar-refractivity contribution in [2.45, 2.75) is 104 Å². The Balaban J connectivity index is 0.830. The van der Waals surface area contributed by atoms with E-state index in [2.05, 4.69) is 27.4 Å². The lowest BCUT2D eigenvalue weighted by Crippen LogP contribution is -2.57. The number of ketones is 1. The number of thiazole rings is 1. The summed E-state index contributed by atoms with van der Waals surface area (Å²) in [6.07, 6.45) is 2.95. The Bertz CT molecular complexity index is 2750. The molecule has 2 aromatic heterocycles. The molecule has 4 aromatic carbocycles. The van der Waals surface area contributed by atoms with E-state index in [0.717, 1.165) is 81.1 Å². The molecule has 13 nitrogen and oxygen atoms in total. The Morgan fingerprint density at radius 1 is 0.857 bits per heavy atom. The van der Waals surface area contributed by atoms with Gasteiger partial charge in [-0.15, -0.1) is 22.7 Å². The molecule has 1 unspecified atom stereocenters. The van der Waals surface area contributed by atoms with Gasteiger partial charge >= 0.3 is 0 Å². The summed E-state index contributed by atoms with van der Waals surface area (Å²) < 4.78 is 6.88. The van der Waals surface area contributed by atoms with Crippen molar-refractivity contribution in [2.75, 3.05) is 32.8 Å². The maximum Gasteiger partial charge on any atom is 0.246 e. The van der Waals surface area contributed by atoms with E-state index in [1.54, 1.807) is 78.1 Å². The summed E-state index contributed by atoms with van der Waals surface area (Å²) in [4.78, 5) is 65.1.